The van der Waals surface area contributed by atoms with Crippen molar-refractivity contribution in [2.75, 3.05) is 0 Å². The molecule has 0 bridgehead atoms. The van der Waals surface area contributed by atoms with Gasteiger partial charge in [0.05, 0.1) is 41.6 Å². The van der Waals surface area contributed by atoms with Crippen molar-refractivity contribution in [3.05, 3.63) is 35.4 Å². The predicted octanol–water partition coefficient (Wildman–Crippen LogP) is 0.905. The number of quaternary nitrogens is 2. The summed E-state index contributed by atoms with van der Waals surface area (Å²) in [5.41, 5.74) is 2.69. The quantitative estimate of drug-likeness (QED) is 0.845. The number of nitrogens with two attached hydrogens (primary N) is 2. The summed E-state index contributed by atoms with van der Waals surface area (Å²) in [6.45, 7) is 10.4. The van der Waals surface area contributed by atoms with Gasteiger partial charge in [-0.1, -0.05) is 12.1 Å². The first kappa shape index (κ1) is 15.0. The molecule has 1 aromatic rings. The molecule has 108 valence electrons. The van der Waals surface area contributed by atoms with Crippen LogP contribution in [-0.4, -0.2) is 17.1 Å². The molecule has 4 N–H and O–H groups in total. The van der Waals surface area contributed by atoms with Gasteiger partial charge in [-0.15, -0.1) is 0 Å². The molecule has 0 atom stereocenters. The van der Waals surface area contributed by atoms with Gasteiger partial charge in [0.25, 0.3) is 0 Å². The standard InChI is InChI=1S/C17H25N3/c1-16(2)9-15(10-17(3,4)20-16)19-12-14-7-5-13(11-18)6-8-14/h5-8,15,19-20H,9-10,12H2,1-4H3/p+2. The molecule has 20 heavy (non-hydrogen) atoms. The largest absolute Gasteiger partial charge is 0.340 e. The van der Waals surface area contributed by atoms with Gasteiger partial charge in [0.15, 0.2) is 0 Å². The van der Waals surface area contributed by atoms with Crippen molar-refractivity contribution in [2.24, 2.45) is 0 Å². The Hall–Kier alpha value is -1.37. The van der Waals surface area contributed by atoms with Gasteiger partial charge >= 0.3 is 0 Å². The minimum Gasteiger partial charge on any atom is -0.340 e. The third-order valence-electron chi connectivity index (χ3n) is 4.13. The number of hydrogen-bond donors (Lipinski definition) is 2. The Morgan fingerprint density at radius 3 is 2.20 bits per heavy atom. The second-order valence-corrected chi connectivity index (χ2v) is 7.54. The Kier molecular flexibility index (Phi) is 4.17. The Bertz CT molecular complexity index is 478. The summed E-state index contributed by atoms with van der Waals surface area (Å²) in [7, 11) is 0. The maximum absolute atomic E-state index is 8.82. The summed E-state index contributed by atoms with van der Waals surface area (Å²) in [6, 6.07) is 10.8. The lowest BCUT2D eigenvalue weighted by molar-refractivity contribution is -0.816. The van der Waals surface area contributed by atoms with Crippen molar-refractivity contribution in [1.82, 2.24) is 0 Å². The molecule has 0 spiro atoms. The Morgan fingerprint density at radius 2 is 1.70 bits per heavy atom. The highest BCUT2D eigenvalue weighted by Crippen LogP contribution is 2.19. The smallest absolute Gasteiger partial charge is 0.101 e. The first-order valence-corrected chi connectivity index (χ1v) is 7.49. The molecule has 1 aliphatic heterocycles. The molecule has 0 aliphatic carbocycles. The molecule has 0 amide bonds. The second kappa shape index (κ2) is 5.55. The number of piperidine rings is 1. The molecule has 1 aliphatic rings. The van der Waals surface area contributed by atoms with Crippen molar-refractivity contribution in [3.63, 3.8) is 0 Å². The average molecular weight is 273 g/mol. The van der Waals surface area contributed by atoms with Crippen LogP contribution in [0.25, 0.3) is 0 Å². The molecule has 0 aromatic heterocycles. The van der Waals surface area contributed by atoms with E-state index in [0.29, 0.717) is 17.1 Å². The van der Waals surface area contributed by atoms with Gasteiger partial charge in [-0.3, -0.25) is 0 Å². The fraction of sp³-hybridized carbons (Fsp3) is 0.588. The second-order valence-electron chi connectivity index (χ2n) is 7.54. The third-order valence-corrected chi connectivity index (χ3v) is 4.13. The average Bonchev–Trinajstić information content (AvgIpc) is 2.33. The maximum Gasteiger partial charge on any atom is 0.101 e. The van der Waals surface area contributed by atoms with Gasteiger partial charge in [-0.25, -0.2) is 0 Å². The van der Waals surface area contributed by atoms with E-state index >= 15 is 0 Å². The Labute approximate surface area is 122 Å². The summed E-state index contributed by atoms with van der Waals surface area (Å²) in [6.07, 6.45) is 2.49. The van der Waals surface area contributed by atoms with Gasteiger partial charge in [-0.05, 0) is 39.8 Å². The van der Waals surface area contributed by atoms with Crippen LogP contribution < -0.4 is 10.6 Å². The lowest BCUT2D eigenvalue weighted by atomic mass is 9.79. The van der Waals surface area contributed by atoms with E-state index in [4.69, 9.17) is 5.26 Å². The number of nitrogens with zero attached hydrogens (tertiary/aromatic N) is 1. The maximum atomic E-state index is 8.82. The van der Waals surface area contributed by atoms with Crippen molar-refractivity contribution < 1.29 is 10.6 Å². The fourth-order valence-electron chi connectivity index (χ4n) is 3.78. The van der Waals surface area contributed by atoms with E-state index in [0.717, 1.165) is 12.1 Å². The van der Waals surface area contributed by atoms with Crippen molar-refractivity contribution in [1.29, 1.82) is 5.26 Å². The molecule has 0 unspecified atom stereocenters. The Balaban J connectivity index is 1.94. The Morgan fingerprint density at radius 1 is 1.15 bits per heavy atom. The van der Waals surface area contributed by atoms with Gasteiger partial charge in [-0.2, -0.15) is 5.26 Å². The van der Waals surface area contributed by atoms with E-state index in [1.807, 2.05) is 12.1 Å². The minimum atomic E-state index is 0.327. The van der Waals surface area contributed by atoms with Gasteiger partial charge in [0.2, 0.25) is 0 Å². The number of nitriles is 1. The van der Waals surface area contributed by atoms with Gasteiger partial charge < -0.3 is 10.6 Å². The summed E-state index contributed by atoms with van der Waals surface area (Å²) in [5, 5.41) is 13.8. The van der Waals surface area contributed by atoms with Crippen LogP contribution in [0.1, 0.15) is 51.7 Å². The minimum absolute atomic E-state index is 0.327. The zero-order valence-corrected chi connectivity index (χ0v) is 13.1. The molecule has 1 fully saturated rings. The first-order chi connectivity index (χ1) is 9.30. The number of benzene rings is 1. The van der Waals surface area contributed by atoms with E-state index in [9.17, 15) is 0 Å². The van der Waals surface area contributed by atoms with E-state index < -0.39 is 0 Å². The monoisotopic (exact) mass is 273 g/mol. The molecule has 3 nitrogen and oxygen atoms in total. The van der Waals surface area contributed by atoms with Crippen LogP contribution in [-0.2, 0) is 6.54 Å². The summed E-state index contributed by atoms with van der Waals surface area (Å²) < 4.78 is 0. The zero-order valence-electron chi connectivity index (χ0n) is 13.1. The normalized spacial score (nSPS) is 21.4. The SMILES string of the molecule is CC1(C)CC([NH2+]Cc2ccc(C#N)cc2)CC(C)(C)[NH2+]1. The van der Waals surface area contributed by atoms with Crippen molar-refractivity contribution in [2.45, 2.75) is 64.2 Å². The zero-order chi connectivity index (χ0) is 14.8. The van der Waals surface area contributed by atoms with Crippen LogP contribution >= 0.6 is 0 Å². The molecule has 0 radical (unpaired) electrons. The van der Waals surface area contributed by atoms with Crippen LogP contribution in [0.2, 0.25) is 0 Å². The van der Waals surface area contributed by atoms with Crippen LogP contribution in [0.15, 0.2) is 24.3 Å². The lowest BCUT2D eigenvalue weighted by Gasteiger charge is -2.41. The summed E-state index contributed by atoms with van der Waals surface area (Å²) >= 11 is 0. The van der Waals surface area contributed by atoms with Crippen LogP contribution in [0.5, 0.6) is 0 Å². The van der Waals surface area contributed by atoms with Crippen molar-refractivity contribution in [3.8, 4) is 6.07 Å². The molecule has 1 heterocycles. The van der Waals surface area contributed by atoms with E-state index in [1.54, 1.807) is 0 Å². The molecular formula is C17H27N3+2. The van der Waals surface area contributed by atoms with Gasteiger partial charge in [0, 0.05) is 5.56 Å². The molecule has 2 rings (SSSR count). The fourth-order valence-corrected chi connectivity index (χ4v) is 3.78. The van der Waals surface area contributed by atoms with E-state index in [1.165, 1.54) is 18.4 Å². The molecule has 3 heteroatoms. The topological polar surface area (TPSA) is 57.0 Å². The van der Waals surface area contributed by atoms with Gasteiger partial charge in [0.1, 0.15) is 6.54 Å². The van der Waals surface area contributed by atoms with E-state index in [2.05, 4.69) is 56.5 Å². The molecule has 1 aromatic carbocycles. The first-order valence-electron chi connectivity index (χ1n) is 7.49. The number of hydrogen-bond acceptors (Lipinski definition) is 1. The number of rotatable bonds is 3. The third kappa shape index (κ3) is 4.06. The molecular weight excluding hydrogens is 246 g/mol. The highest BCUT2D eigenvalue weighted by atomic mass is 15.1. The van der Waals surface area contributed by atoms with Crippen molar-refractivity contribution >= 4 is 0 Å². The van der Waals surface area contributed by atoms with E-state index in [-0.39, 0.29) is 0 Å². The van der Waals surface area contributed by atoms with Crippen LogP contribution in [0, 0.1) is 11.3 Å². The lowest BCUT2D eigenvalue weighted by Crippen LogP contribution is -3.09. The van der Waals surface area contributed by atoms with Crippen LogP contribution in [0.3, 0.4) is 0 Å². The summed E-state index contributed by atoms with van der Waals surface area (Å²) in [5.74, 6) is 0. The molecule has 1 saturated heterocycles. The van der Waals surface area contributed by atoms with Crippen LogP contribution in [0.4, 0.5) is 0 Å². The molecule has 0 saturated carbocycles. The summed E-state index contributed by atoms with van der Waals surface area (Å²) in [4.78, 5) is 0. The highest BCUT2D eigenvalue weighted by molar-refractivity contribution is 5.31. The predicted molar refractivity (Wildman–Crippen MR) is 79.9 cm³/mol. The highest BCUT2D eigenvalue weighted by Gasteiger charge is 2.43.